The second kappa shape index (κ2) is 7.76. The molecule has 3 rings (SSSR count). The van der Waals surface area contributed by atoms with E-state index < -0.39 is 62.9 Å². The molecule has 1 saturated heterocycles. The smallest absolute Gasteiger partial charge is 0.316 e. The first-order chi connectivity index (χ1) is 13.6. The lowest BCUT2D eigenvalue weighted by Crippen LogP contribution is -2.34. The summed E-state index contributed by atoms with van der Waals surface area (Å²) < 4.78 is 102. The van der Waals surface area contributed by atoms with Gasteiger partial charge in [0.1, 0.15) is 11.0 Å². The minimum absolute atomic E-state index is 0.431. The predicted molar refractivity (Wildman–Crippen MR) is 89.0 cm³/mol. The molecule has 0 bridgehead atoms. The average Bonchev–Trinajstić information content (AvgIpc) is 3.10. The summed E-state index contributed by atoms with van der Waals surface area (Å²) in [7, 11) is -2.03. The summed E-state index contributed by atoms with van der Waals surface area (Å²) >= 11 is 0. The van der Waals surface area contributed by atoms with E-state index in [1.54, 1.807) is 12.1 Å². The van der Waals surface area contributed by atoms with Crippen LogP contribution in [-0.2, 0) is 15.0 Å². The minimum atomic E-state index is -4.88. The second-order valence-electron chi connectivity index (χ2n) is 6.07. The normalized spacial score (nSPS) is 20.1. The van der Waals surface area contributed by atoms with Gasteiger partial charge in [-0.2, -0.15) is 22.3 Å². The first-order valence-corrected chi connectivity index (χ1v) is 9.50. The maximum atomic E-state index is 13.8. The Kier molecular flexibility index (Phi) is 5.70. The molecule has 158 valence electrons. The van der Waals surface area contributed by atoms with E-state index in [0.717, 1.165) is 0 Å². The number of halogens is 5. The lowest BCUT2D eigenvalue weighted by atomic mass is 10.0. The van der Waals surface area contributed by atoms with Gasteiger partial charge >= 0.3 is 10.1 Å². The Balaban J connectivity index is 1.98. The van der Waals surface area contributed by atoms with Gasteiger partial charge in [-0.1, -0.05) is 12.1 Å². The van der Waals surface area contributed by atoms with E-state index in [-0.39, 0.29) is 0 Å². The lowest BCUT2D eigenvalue weighted by Gasteiger charge is -2.23. The van der Waals surface area contributed by atoms with E-state index in [1.807, 2.05) is 0 Å². The molecular formula is C17H14F5NO5S. The SMILES string of the molecule is COc1ccc([C@H]2[C@H](S(=O)(=O)Oc3c(F)c(F)c(F)c(F)c3F)CON2C)cc1. The molecule has 2 atom stereocenters. The van der Waals surface area contributed by atoms with Crippen LogP contribution in [0.3, 0.4) is 0 Å². The molecule has 12 heteroatoms. The fourth-order valence-corrected chi connectivity index (χ4v) is 4.27. The zero-order valence-corrected chi connectivity index (χ0v) is 15.8. The quantitative estimate of drug-likeness (QED) is 0.309. The van der Waals surface area contributed by atoms with Gasteiger partial charge in [-0.05, 0) is 17.7 Å². The van der Waals surface area contributed by atoms with Crippen molar-refractivity contribution in [2.24, 2.45) is 0 Å². The molecule has 6 nitrogen and oxygen atoms in total. The molecule has 2 aromatic carbocycles. The lowest BCUT2D eigenvalue weighted by molar-refractivity contribution is -0.110. The van der Waals surface area contributed by atoms with Crippen molar-refractivity contribution in [2.45, 2.75) is 11.3 Å². The summed E-state index contributed by atoms with van der Waals surface area (Å²) in [6.45, 7) is -0.467. The van der Waals surface area contributed by atoms with Crippen LogP contribution in [0, 0.1) is 29.1 Å². The van der Waals surface area contributed by atoms with Crippen molar-refractivity contribution < 1.29 is 44.1 Å². The highest BCUT2D eigenvalue weighted by Gasteiger charge is 2.46. The summed E-state index contributed by atoms with van der Waals surface area (Å²) in [5.41, 5.74) is 0.431. The van der Waals surface area contributed by atoms with E-state index in [9.17, 15) is 30.4 Å². The van der Waals surface area contributed by atoms with Crippen LogP contribution in [0.15, 0.2) is 24.3 Å². The average molecular weight is 439 g/mol. The fourth-order valence-electron chi connectivity index (χ4n) is 2.90. The third-order valence-corrected chi connectivity index (χ3v) is 5.92. The van der Waals surface area contributed by atoms with Crippen molar-refractivity contribution in [3.05, 3.63) is 58.9 Å². The van der Waals surface area contributed by atoms with E-state index in [2.05, 4.69) is 4.18 Å². The number of hydroxylamine groups is 2. The van der Waals surface area contributed by atoms with Crippen LogP contribution in [0.2, 0.25) is 0 Å². The van der Waals surface area contributed by atoms with Crippen molar-refractivity contribution in [1.82, 2.24) is 5.06 Å². The highest BCUT2D eigenvalue weighted by molar-refractivity contribution is 7.87. The monoisotopic (exact) mass is 439 g/mol. The van der Waals surface area contributed by atoms with Crippen LogP contribution in [0.25, 0.3) is 0 Å². The van der Waals surface area contributed by atoms with Crippen LogP contribution in [0.4, 0.5) is 22.0 Å². The molecule has 2 aromatic rings. The van der Waals surface area contributed by atoms with Gasteiger partial charge in [0.05, 0.1) is 19.8 Å². The Morgan fingerprint density at radius 3 is 2.00 bits per heavy atom. The van der Waals surface area contributed by atoms with E-state index >= 15 is 0 Å². The van der Waals surface area contributed by atoms with Crippen molar-refractivity contribution in [2.75, 3.05) is 20.8 Å². The summed E-state index contributed by atoms with van der Waals surface area (Å²) in [6.07, 6.45) is 0. The number of ether oxygens (including phenoxy) is 1. The van der Waals surface area contributed by atoms with Crippen LogP contribution < -0.4 is 8.92 Å². The molecule has 29 heavy (non-hydrogen) atoms. The van der Waals surface area contributed by atoms with Crippen molar-refractivity contribution in [1.29, 1.82) is 0 Å². The van der Waals surface area contributed by atoms with Crippen LogP contribution >= 0.6 is 0 Å². The Labute approximate surface area is 162 Å². The summed E-state index contributed by atoms with van der Waals surface area (Å²) in [4.78, 5) is 5.19. The van der Waals surface area contributed by atoms with Gasteiger partial charge in [0, 0.05) is 7.05 Å². The number of hydrogen-bond acceptors (Lipinski definition) is 6. The molecule has 1 fully saturated rings. The fraction of sp³-hybridized carbons (Fsp3) is 0.294. The molecule has 0 saturated carbocycles. The van der Waals surface area contributed by atoms with E-state index in [0.29, 0.717) is 11.3 Å². The molecule has 0 aliphatic carbocycles. The van der Waals surface area contributed by atoms with Gasteiger partial charge in [-0.25, -0.2) is 13.2 Å². The van der Waals surface area contributed by atoms with Gasteiger partial charge in [-0.15, -0.1) is 0 Å². The Morgan fingerprint density at radius 1 is 0.966 bits per heavy atom. The zero-order valence-electron chi connectivity index (χ0n) is 15.0. The molecule has 0 spiro atoms. The summed E-state index contributed by atoms with van der Waals surface area (Å²) in [6, 6.07) is 5.20. The van der Waals surface area contributed by atoms with Gasteiger partial charge in [0.2, 0.25) is 34.8 Å². The number of rotatable bonds is 5. The molecule has 1 aliphatic rings. The molecule has 1 aliphatic heterocycles. The number of nitrogens with zero attached hydrogens (tertiary/aromatic N) is 1. The molecule has 0 N–H and O–H groups in total. The Bertz CT molecular complexity index is 1000. The van der Waals surface area contributed by atoms with Gasteiger partial charge in [-0.3, -0.25) is 4.84 Å². The minimum Gasteiger partial charge on any atom is -0.497 e. The van der Waals surface area contributed by atoms with E-state index in [1.165, 1.54) is 31.4 Å². The largest absolute Gasteiger partial charge is 0.497 e. The Hall–Kier alpha value is -2.44. The molecular weight excluding hydrogens is 425 g/mol. The summed E-state index contributed by atoms with van der Waals surface area (Å²) in [5.74, 6) is -13.3. The molecule has 0 unspecified atom stereocenters. The summed E-state index contributed by atoms with van der Waals surface area (Å²) in [5, 5.41) is -0.331. The molecule has 0 radical (unpaired) electrons. The first-order valence-electron chi connectivity index (χ1n) is 8.03. The van der Waals surface area contributed by atoms with Gasteiger partial charge in [0.25, 0.3) is 0 Å². The Morgan fingerprint density at radius 2 is 1.48 bits per heavy atom. The number of methoxy groups -OCH3 is 1. The molecule has 1 heterocycles. The van der Waals surface area contributed by atoms with Gasteiger partial charge < -0.3 is 8.92 Å². The number of hydrogen-bond donors (Lipinski definition) is 0. The van der Waals surface area contributed by atoms with Crippen molar-refractivity contribution >= 4 is 10.1 Å². The molecule has 0 aromatic heterocycles. The first kappa shape index (κ1) is 21.3. The standard InChI is InChI=1S/C17H14F5NO5S/c1-23-16(8-3-5-9(26-2)6-4-8)10(7-27-23)29(24,25)28-17-14(21)12(19)11(18)13(20)15(17)22/h3-6,10,16H,7H2,1-2H3/t10-,16+/m1/s1. The van der Waals surface area contributed by atoms with E-state index in [4.69, 9.17) is 9.57 Å². The molecule has 0 amide bonds. The second-order valence-corrected chi connectivity index (χ2v) is 7.83. The van der Waals surface area contributed by atoms with Crippen LogP contribution in [0.1, 0.15) is 11.6 Å². The topological polar surface area (TPSA) is 65.1 Å². The third kappa shape index (κ3) is 3.74. The predicted octanol–water partition coefficient (Wildman–Crippen LogP) is 3.09. The van der Waals surface area contributed by atoms with Crippen LogP contribution in [0.5, 0.6) is 11.5 Å². The maximum absolute atomic E-state index is 13.8. The maximum Gasteiger partial charge on any atom is 0.316 e. The zero-order chi connectivity index (χ0) is 21.5. The van der Waals surface area contributed by atoms with Crippen molar-refractivity contribution in [3.63, 3.8) is 0 Å². The number of benzene rings is 2. The highest BCUT2D eigenvalue weighted by Crippen LogP contribution is 2.37. The van der Waals surface area contributed by atoms with Crippen LogP contribution in [-0.4, -0.2) is 39.5 Å². The van der Waals surface area contributed by atoms with Crippen molar-refractivity contribution in [3.8, 4) is 11.5 Å². The third-order valence-electron chi connectivity index (χ3n) is 4.38. The highest BCUT2D eigenvalue weighted by atomic mass is 32.2. The van der Waals surface area contributed by atoms with Gasteiger partial charge in [0.15, 0.2) is 0 Å².